The lowest BCUT2D eigenvalue weighted by Crippen LogP contribution is -2.02. The average molecular weight is 240 g/mol. The van der Waals surface area contributed by atoms with Crippen LogP contribution < -0.4 is 11.5 Å². The quantitative estimate of drug-likeness (QED) is 0.637. The van der Waals surface area contributed by atoms with E-state index in [1.54, 1.807) is 24.3 Å². The summed E-state index contributed by atoms with van der Waals surface area (Å²) < 4.78 is 0. The minimum Gasteiger partial charge on any atom is -0.399 e. The molecule has 0 atom stereocenters. The van der Waals surface area contributed by atoms with Crippen molar-refractivity contribution >= 4 is 17.2 Å². The molecule has 0 aliphatic rings. The first-order valence-corrected chi connectivity index (χ1v) is 5.88. The van der Waals surface area contributed by atoms with Gasteiger partial charge in [-0.1, -0.05) is 24.3 Å². The van der Waals surface area contributed by atoms with E-state index in [1.165, 1.54) is 0 Å². The average Bonchev–Trinajstić information content (AvgIpc) is 2.36. The second-order valence-electron chi connectivity index (χ2n) is 4.29. The third-order valence-corrected chi connectivity index (χ3v) is 2.80. The molecule has 3 heteroatoms. The molecule has 0 unspecified atom stereocenters. The van der Waals surface area contributed by atoms with Crippen LogP contribution in [0.15, 0.2) is 48.5 Å². The van der Waals surface area contributed by atoms with Crippen molar-refractivity contribution in [2.24, 2.45) is 0 Å². The van der Waals surface area contributed by atoms with E-state index in [1.807, 2.05) is 24.3 Å². The molecule has 2 rings (SSSR count). The van der Waals surface area contributed by atoms with Crippen molar-refractivity contribution < 1.29 is 4.79 Å². The van der Waals surface area contributed by atoms with Crippen LogP contribution in [0.1, 0.15) is 22.3 Å². The van der Waals surface area contributed by atoms with Crippen LogP contribution in [0.25, 0.3) is 0 Å². The van der Waals surface area contributed by atoms with E-state index < -0.39 is 0 Å². The molecular weight excluding hydrogens is 224 g/mol. The van der Waals surface area contributed by atoms with Crippen LogP contribution in [0.3, 0.4) is 0 Å². The van der Waals surface area contributed by atoms with Crippen LogP contribution in [0, 0.1) is 0 Å². The lowest BCUT2D eigenvalue weighted by molar-refractivity contribution is 0.0983. The van der Waals surface area contributed by atoms with E-state index in [2.05, 4.69) is 0 Å². The van der Waals surface area contributed by atoms with Gasteiger partial charge in [0.25, 0.3) is 0 Å². The van der Waals surface area contributed by atoms with Crippen molar-refractivity contribution in [3.63, 3.8) is 0 Å². The minimum atomic E-state index is 0.102. The predicted molar refractivity (Wildman–Crippen MR) is 74.4 cm³/mol. The van der Waals surface area contributed by atoms with Gasteiger partial charge in [0, 0.05) is 23.4 Å². The van der Waals surface area contributed by atoms with E-state index in [-0.39, 0.29) is 5.78 Å². The molecular formula is C15H16N2O. The van der Waals surface area contributed by atoms with Gasteiger partial charge in [-0.3, -0.25) is 4.79 Å². The first-order valence-electron chi connectivity index (χ1n) is 5.88. The normalized spacial score (nSPS) is 10.2. The van der Waals surface area contributed by atoms with Crippen molar-refractivity contribution in [2.45, 2.75) is 12.8 Å². The van der Waals surface area contributed by atoms with Gasteiger partial charge in [0.05, 0.1) is 0 Å². The summed E-state index contributed by atoms with van der Waals surface area (Å²) in [5.74, 6) is 0.102. The van der Waals surface area contributed by atoms with Gasteiger partial charge >= 0.3 is 0 Å². The number of carbonyl (C=O) groups excluding carboxylic acids is 1. The standard InChI is InChI=1S/C15H16N2O/c16-13-5-1-3-11(9-13)7-8-15(18)12-4-2-6-14(17)10-12/h1-6,9-10H,7-8,16-17H2. The predicted octanol–water partition coefficient (Wildman–Crippen LogP) is 2.67. The molecule has 92 valence electrons. The summed E-state index contributed by atoms with van der Waals surface area (Å²) in [7, 11) is 0. The number of anilines is 2. The van der Waals surface area contributed by atoms with E-state index in [9.17, 15) is 4.79 Å². The molecule has 0 saturated carbocycles. The zero-order chi connectivity index (χ0) is 13.0. The van der Waals surface area contributed by atoms with Gasteiger partial charge in [-0.05, 0) is 36.2 Å². The molecule has 0 aliphatic carbocycles. The van der Waals surface area contributed by atoms with Crippen LogP contribution in [0.5, 0.6) is 0 Å². The maximum absolute atomic E-state index is 12.0. The molecule has 0 fully saturated rings. The number of rotatable bonds is 4. The molecule has 0 heterocycles. The Morgan fingerprint density at radius 1 is 0.944 bits per heavy atom. The van der Waals surface area contributed by atoms with Gasteiger partial charge in [-0.25, -0.2) is 0 Å². The smallest absolute Gasteiger partial charge is 0.163 e. The Morgan fingerprint density at radius 3 is 2.28 bits per heavy atom. The molecule has 0 spiro atoms. The third-order valence-electron chi connectivity index (χ3n) is 2.80. The second-order valence-corrected chi connectivity index (χ2v) is 4.29. The number of aryl methyl sites for hydroxylation is 1. The second kappa shape index (κ2) is 5.36. The minimum absolute atomic E-state index is 0.102. The lowest BCUT2D eigenvalue weighted by Gasteiger charge is -2.03. The molecule has 18 heavy (non-hydrogen) atoms. The zero-order valence-electron chi connectivity index (χ0n) is 10.1. The highest BCUT2D eigenvalue weighted by Crippen LogP contribution is 2.13. The molecule has 0 aromatic heterocycles. The highest BCUT2D eigenvalue weighted by molar-refractivity contribution is 5.96. The number of hydrogen-bond donors (Lipinski definition) is 2. The molecule has 3 nitrogen and oxygen atoms in total. The lowest BCUT2D eigenvalue weighted by atomic mass is 10.0. The van der Waals surface area contributed by atoms with Gasteiger partial charge in [-0.2, -0.15) is 0 Å². The number of Topliss-reactive ketones (excluding diaryl/α,β-unsaturated/α-hetero) is 1. The van der Waals surface area contributed by atoms with Crippen molar-refractivity contribution in [1.29, 1.82) is 0 Å². The first kappa shape index (κ1) is 12.2. The molecule has 2 aromatic rings. The summed E-state index contributed by atoms with van der Waals surface area (Å²) in [6, 6.07) is 14.7. The molecule has 0 bridgehead atoms. The molecule has 0 aliphatic heterocycles. The number of hydrogen-bond acceptors (Lipinski definition) is 3. The fourth-order valence-electron chi connectivity index (χ4n) is 1.86. The molecule has 0 radical (unpaired) electrons. The summed E-state index contributed by atoms with van der Waals surface area (Å²) in [6.45, 7) is 0. The number of ketones is 1. The van der Waals surface area contributed by atoms with Crippen LogP contribution in [0.4, 0.5) is 11.4 Å². The number of nitrogens with two attached hydrogens (primary N) is 2. The molecule has 4 N–H and O–H groups in total. The Kier molecular flexibility index (Phi) is 3.63. The summed E-state index contributed by atoms with van der Waals surface area (Å²) in [6.07, 6.45) is 1.16. The number of nitrogen functional groups attached to an aromatic ring is 2. The van der Waals surface area contributed by atoms with E-state index in [4.69, 9.17) is 11.5 Å². The Morgan fingerprint density at radius 2 is 1.61 bits per heavy atom. The van der Waals surface area contributed by atoms with Crippen molar-refractivity contribution in [3.8, 4) is 0 Å². The fourth-order valence-corrected chi connectivity index (χ4v) is 1.86. The third kappa shape index (κ3) is 3.10. The fraction of sp³-hybridized carbons (Fsp3) is 0.133. The topological polar surface area (TPSA) is 69.1 Å². The Bertz CT molecular complexity index is 564. The van der Waals surface area contributed by atoms with E-state index in [0.29, 0.717) is 24.1 Å². The highest BCUT2D eigenvalue weighted by atomic mass is 16.1. The Balaban J connectivity index is 2.00. The molecule has 2 aromatic carbocycles. The van der Waals surface area contributed by atoms with Crippen molar-refractivity contribution in [2.75, 3.05) is 11.5 Å². The van der Waals surface area contributed by atoms with Gasteiger partial charge in [0.2, 0.25) is 0 Å². The Labute approximate surface area is 106 Å². The van der Waals surface area contributed by atoms with Crippen LogP contribution >= 0.6 is 0 Å². The van der Waals surface area contributed by atoms with Gasteiger partial charge in [0.15, 0.2) is 5.78 Å². The maximum atomic E-state index is 12.0. The van der Waals surface area contributed by atoms with Crippen LogP contribution in [-0.4, -0.2) is 5.78 Å². The van der Waals surface area contributed by atoms with E-state index >= 15 is 0 Å². The highest BCUT2D eigenvalue weighted by Gasteiger charge is 2.06. The number of carbonyl (C=O) groups is 1. The van der Waals surface area contributed by atoms with Crippen LogP contribution in [0.2, 0.25) is 0 Å². The largest absolute Gasteiger partial charge is 0.399 e. The van der Waals surface area contributed by atoms with Gasteiger partial charge < -0.3 is 11.5 Å². The molecule has 0 saturated heterocycles. The van der Waals surface area contributed by atoms with Crippen LogP contribution in [-0.2, 0) is 6.42 Å². The Hall–Kier alpha value is -2.29. The van der Waals surface area contributed by atoms with E-state index in [0.717, 1.165) is 11.3 Å². The summed E-state index contributed by atoms with van der Waals surface area (Å²) in [5.41, 5.74) is 14.4. The van der Waals surface area contributed by atoms with Crippen molar-refractivity contribution in [1.82, 2.24) is 0 Å². The maximum Gasteiger partial charge on any atom is 0.163 e. The summed E-state index contributed by atoms with van der Waals surface area (Å²) >= 11 is 0. The monoisotopic (exact) mass is 240 g/mol. The summed E-state index contributed by atoms with van der Waals surface area (Å²) in [5, 5.41) is 0. The van der Waals surface area contributed by atoms with Gasteiger partial charge in [-0.15, -0.1) is 0 Å². The van der Waals surface area contributed by atoms with Crippen molar-refractivity contribution in [3.05, 3.63) is 59.7 Å². The summed E-state index contributed by atoms with van der Waals surface area (Å²) in [4.78, 5) is 12.0. The number of benzene rings is 2. The molecule has 0 amide bonds. The zero-order valence-corrected chi connectivity index (χ0v) is 10.1. The first-order chi connectivity index (χ1) is 8.65. The SMILES string of the molecule is Nc1cccc(CCC(=O)c2cccc(N)c2)c1. The van der Waals surface area contributed by atoms with Gasteiger partial charge in [0.1, 0.15) is 0 Å².